The molecule has 0 spiro atoms. The number of nitrogens with one attached hydrogen (secondary N) is 1. The molecule has 5 heteroatoms. The van der Waals surface area contributed by atoms with Gasteiger partial charge in [-0.3, -0.25) is 0 Å². The van der Waals surface area contributed by atoms with E-state index in [1.165, 1.54) is 0 Å². The molecule has 0 unspecified atom stereocenters. The number of hydrogen-bond donors (Lipinski definition) is 1. The summed E-state index contributed by atoms with van der Waals surface area (Å²) in [6.45, 7) is 0. The Morgan fingerprint density at radius 1 is 0.905 bits per heavy atom. The summed E-state index contributed by atoms with van der Waals surface area (Å²) in [5, 5.41) is 9.97. The zero-order valence-corrected chi connectivity index (χ0v) is 11.6. The van der Waals surface area contributed by atoms with E-state index in [2.05, 4.69) is 15.2 Å². The zero-order valence-electron chi connectivity index (χ0n) is 10.9. The van der Waals surface area contributed by atoms with Gasteiger partial charge >= 0.3 is 0 Å². The minimum absolute atomic E-state index is 0.469. The molecule has 0 aliphatic rings. The number of hydrogen-bond acceptors (Lipinski definition) is 3. The van der Waals surface area contributed by atoms with E-state index in [0.717, 1.165) is 22.2 Å². The van der Waals surface area contributed by atoms with Crippen LogP contribution in [0.1, 0.15) is 0 Å². The van der Waals surface area contributed by atoms with Crippen molar-refractivity contribution < 1.29 is 4.42 Å². The maximum absolute atomic E-state index is 5.87. The second kappa shape index (κ2) is 4.75. The van der Waals surface area contributed by atoms with Crippen LogP contribution < -0.4 is 0 Å². The lowest BCUT2D eigenvalue weighted by molar-refractivity contribution is 0.583. The van der Waals surface area contributed by atoms with Crippen molar-refractivity contribution in [3.8, 4) is 23.0 Å². The van der Waals surface area contributed by atoms with Crippen LogP contribution in [0.25, 0.3) is 33.9 Å². The van der Waals surface area contributed by atoms with E-state index < -0.39 is 0 Å². The van der Waals surface area contributed by atoms with Crippen LogP contribution in [0.2, 0.25) is 5.02 Å². The van der Waals surface area contributed by atoms with Gasteiger partial charge in [-0.25, -0.2) is 0 Å². The lowest BCUT2D eigenvalue weighted by Gasteiger charge is -1.94. The maximum atomic E-state index is 5.87. The molecule has 1 N–H and O–H groups in total. The van der Waals surface area contributed by atoms with Crippen molar-refractivity contribution in [3.63, 3.8) is 0 Å². The highest BCUT2D eigenvalue weighted by Gasteiger charge is 2.12. The fourth-order valence-electron chi connectivity index (χ4n) is 2.23. The third-order valence-electron chi connectivity index (χ3n) is 3.28. The summed E-state index contributed by atoms with van der Waals surface area (Å²) in [6, 6.07) is 17.3. The molecule has 0 aliphatic heterocycles. The molecule has 0 bridgehead atoms. The van der Waals surface area contributed by atoms with E-state index in [0.29, 0.717) is 16.8 Å². The first-order valence-corrected chi connectivity index (χ1v) is 6.85. The van der Waals surface area contributed by atoms with Crippen LogP contribution >= 0.6 is 11.6 Å². The summed E-state index contributed by atoms with van der Waals surface area (Å²) < 4.78 is 5.73. The Morgan fingerprint density at radius 2 is 1.67 bits per heavy atom. The Bertz CT molecular complexity index is 876. The van der Waals surface area contributed by atoms with Crippen molar-refractivity contribution in [2.24, 2.45) is 0 Å². The summed E-state index contributed by atoms with van der Waals surface area (Å²) in [6.07, 6.45) is 0. The van der Waals surface area contributed by atoms with Gasteiger partial charge in [0.25, 0.3) is 5.89 Å². The van der Waals surface area contributed by atoms with Crippen LogP contribution in [0.5, 0.6) is 0 Å². The van der Waals surface area contributed by atoms with Crippen LogP contribution in [0.15, 0.2) is 59.0 Å². The SMILES string of the molecule is Clc1ccc(-c2nnc(-c3cc4ccccc4[nH]3)o2)cc1. The van der Waals surface area contributed by atoms with Gasteiger partial charge in [0.05, 0.1) is 0 Å². The van der Waals surface area contributed by atoms with Gasteiger partial charge in [0.15, 0.2) is 0 Å². The van der Waals surface area contributed by atoms with E-state index in [-0.39, 0.29) is 0 Å². The third-order valence-corrected chi connectivity index (χ3v) is 3.53. The van der Waals surface area contributed by atoms with Gasteiger partial charge in [0.1, 0.15) is 5.69 Å². The van der Waals surface area contributed by atoms with Crippen molar-refractivity contribution in [1.82, 2.24) is 15.2 Å². The quantitative estimate of drug-likeness (QED) is 0.591. The number of nitrogens with zero attached hydrogens (tertiary/aromatic N) is 2. The molecule has 0 amide bonds. The largest absolute Gasteiger partial charge is 0.415 e. The number of aromatic nitrogens is 3. The molecule has 2 aromatic heterocycles. The summed E-state index contributed by atoms with van der Waals surface area (Å²) >= 11 is 5.87. The molecule has 0 fully saturated rings. The zero-order chi connectivity index (χ0) is 14.2. The van der Waals surface area contributed by atoms with E-state index >= 15 is 0 Å². The second-order valence-corrected chi connectivity index (χ2v) is 5.13. The standard InChI is InChI=1S/C16H10ClN3O/c17-12-7-5-10(6-8-12)15-19-20-16(21-15)14-9-11-3-1-2-4-13(11)18-14/h1-9,18H. The molecule has 0 radical (unpaired) electrons. The third kappa shape index (κ3) is 2.19. The summed E-state index contributed by atoms with van der Waals surface area (Å²) in [5.41, 5.74) is 2.69. The van der Waals surface area contributed by atoms with Crippen LogP contribution in [-0.2, 0) is 0 Å². The first kappa shape index (κ1) is 12.2. The first-order chi connectivity index (χ1) is 10.3. The van der Waals surface area contributed by atoms with Crippen LogP contribution in [0, 0.1) is 0 Å². The average molecular weight is 296 g/mol. The minimum Gasteiger partial charge on any atom is -0.415 e. The molecule has 21 heavy (non-hydrogen) atoms. The van der Waals surface area contributed by atoms with Gasteiger partial charge in [0.2, 0.25) is 5.89 Å². The van der Waals surface area contributed by atoms with E-state index in [1.54, 1.807) is 12.1 Å². The molecular formula is C16H10ClN3O. The first-order valence-electron chi connectivity index (χ1n) is 6.47. The Balaban J connectivity index is 1.75. The molecule has 2 heterocycles. The number of fused-ring (bicyclic) bond motifs is 1. The summed E-state index contributed by atoms with van der Waals surface area (Å²) in [5.74, 6) is 0.941. The van der Waals surface area contributed by atoms with Crippen molar-refractivity contribution in [1.29, 1.82) is 0 Å². The topological polar surface area (TPSA) is 54.7 Å². The fraction of sp³-hybridized carbons (Fsp3) is 0. The van der Waals surface area contributed by atoms with Crippen molar-refractivity contribution >= 4 is 22.5 Å². The molecule has 4 aromatic rings. The fourth-order valence-corrected chi connectivity index (χ4v) is 2.36. The van der Waals surface area contributed by atoms with Crippen LogP contribution in [0.4, 0.5) is 0 Å². The van der Waals surface area contributed by atoms with Gasteiger partial charge in [-0.15, -0.1) is 10.2 Å². The van der Waals surface area contributed by atoms with Crippen molar-refractivity contribution in [2.75, 3.05) is 0 Å². The number of halogens is 1. The number of benzene rings is 2. The van der Waals surface area contributed by atoms with Crippen LogP contribution in [0.3, 0.4) is 0 Å². The molecule has 0 saturated carbocycles. The summed E-state index contributed by atoms with van der Waals surface area (Å²) in [7, 11) is 0. The molecular weight excluding hydrogens is 286 g/mol. The number of rotatable bonds is 2. The lowest BCUT2D eigenvalue weighted by Crippen LogP contribution is -1.76. The molecule has 0 aliphatic carbocycles. The van der Waals surface area contributed by atoms with E-state index in [9.17, 15) is 0 Å². The molecule has 4 rings (SSSR count). The lowest BCUT2D eigenvalue weighted by atomic mass is 10.2. The smallest absolute Gasteiger partial charge is 0.264 e. The van der Waals surface area contributed by atoms with E-state index in [4.69, 9.17) is 16.0 Å². The number of para-hydroxylation sites is 1. The Morgan fingerprint density at radius 3 is 2.48 bits per heavy atom. The van der Waals surface area contributed by atoms with Gasteiger partial charge in [-0.2, -0.15) is 0 Å². The van der Waals surface area contributed by atoms with Gasteiger partial charge in [-0.05, 0) is 36.4 Å². The van der Waals surface area contributed by atoms with Crippen LogP contribution in [-0.4, -0.2) is 15.2 Å². The number of aromatic amines is 1. The van der Waals surface area contributed by atoms with Gasteiger partial charge < -0.3 is 9.40 Å². The Hall–Kier alpha value is -2.59. The summed E-state index contributed by atoms with van der Waals surface area (Å²) in [4.78, 5) is 3.27. The second-order valence-electron chi connectivity index (χ2n) is 4.69. The molecule has 2 aromatic carbocycles. The minimum atomic E-state index is 0.469. The number of H-pyrrole nitrogens is 1. The predicted octanol–water partition coefficient (Wildman–Crippen LogP) is 4.54. The molecule has 4 nitrogen and oxygen atoms in total. The highest BCUT2D eigenvalue weighted by molar-refractivity contribution is 6.30. The molecule has 0 atom stereocenters. The maximum Gasteiger partial charge on any atom is 0.264 e. The monoisotopic (exact) mass is 295 g/mol. The van der Waals surface area contributed by atoms with Gasteiger partial charge in [-0.1, -0.05) is 29.8 Å². The van der Waals surface area contributed by atoms with E-state index in [1.807, 2.05) is 42.5 Å². The van der Waals surface area contributed by atoms with Crippen molar-refractivity contribution in [3.05, 3.63) is 59.6 Å². The molecule has 102 valence electrons. The highest BCUT2D eigenvalue weighted by atomic mass is 35.5. The van der Waals surface area contributed by atoms with Gasteiger partial charge in [0, 0.05) is 21.5 Å². The predicted molar refractivity (Wildman–Crippen MR) is 82.0 cm³/mol. The highest BCUT2D eigenvalue weighted by Crippen LogP contribution is 2.26. The Kier molecular flexibility index (Phi) is 2.75. The molecule has 0 saturated heterocycles. The average Bonchev–Trinajstić information content (AvgIpc) is 3.14. The normalized spacial score (nSPS) is 11.1. The Labute approximate surface area is 125 Å². The van der Waals surface area contributed by atoms with Crippen molar-refractivity contribution in [2.45, 2.75) is 0 Å².